The number of hydrazone groups is 1. The standard InChI is InChI=1S/C18H23N5O3S2/c1-12(10-25-3)20-17(27)22-19-9-14-11-28-18(21-14)23(13(2)24)15-5-7-16(26-4)8-6-15/h5-9,11-12H,10H2,1-4H3,(H2,20,22,27)/b19-9-/t12-/m1/s1. The number of carbonyl (C=O) groups is 1. The largest absolute Gasteiger partial charge is 0.497 e. The van der Waals surface area contributed by atoms with E-state index >= 15 is 0 Å². The van der Waals surface area contributed by atoms with Crippen molar-refractivity contribution in [1.82, 2.24) is 15.7 Å². The predicted molar refractivity (Wildman–Crippen MR) is 116 cm³/mol. The highest BCUT2D eigenvalue weighted by Gasteiger charge is 2.17. The van der Waals surface area contributed by atoms with E-state index in [1.807, 2.05) is 24.4 Å². The smallest absolute Gasteiger partial charge is 0.230 e. The average Bonchev–Trinajstić information content (AvgIpc) is 3.10. The number of nitrogens with one attached hydrogen (secondary N) is 2. The minimum atomic E-state index is -0.140. The number of nitrogens with zero attached hydrogens (tertiary/aromatic N) is 3. The van der Waals surface area contributed by atoms with E-state index in [1.54, 1.807) is 32.6 Å². The van der Waals surface area contributed by atoms with E-state index in [9.17, 15) is 4.79 Å². The second kappa shape index (κ2) is 10.7. The van der Waals surface area contributed by atoms with Gasteiger partial charge in [-0.2, -0.15) is 5.10 Å². The number of hydrogen-bond acceptors (Lipinski definition) is 7. The van der Waals surface area contributed by atoms with Gasteiger partial charge in [-0.3, -0.25) is 15.1 Å². The number of ether oxygens (including phenoxy) is 2. The molecule has 1 aromatic carbocycles. The summed E-state index contributed by atoms with van der Waals surface area (Å²) in [5, 5.41) is 9.86. The third-order valence-electron chi connectivity index (χ3n) is 3.50. The van der Waals surface area contributed by atoms with Gasteiger partial charge in [-0.1, -0.05) is 0 Å². The molecule has 0 bridgehead atoms. The van der Waals surface area contributed by atoms with E-state index < -0.39 is 0 Å². The molecular formula is C18H23N5O3S2. The Hall–Kier alpha value is -2.56. The molecular weight excluding hydrogens is 398 g/mol. The SMILES string of the molecule is COC[C@@H](C)NC(=S)N/N=C\c1csc(N(C(C)=O)c2ccc(OC)cc2)n1. The lowest BCUT2D eigenvalue weighted by atomic mass is 10.3. The van der Waals surface area contributed by atoms with Crippen LogP contribution in [0.5, 0.6) is 5.75 Å². The van der Waals surface area contributed by atoms with Crippen molar-refractivity contribution in [2.45, 2.75) is 19.9 Å². The Morgan fingerprint density at radius 3 is 2.71 bits per heavy atom. The lowest BCUT2D eigenvalue weighted by molar-refractivity contribution is -0.115. The molecule has 0 saturated carbocycles. The fraction of sp³-hybridized carbons (Fsp3) is 0.333. The highest BCUT2D eigenvalue weighted by atomic mass is 32.1. The molecule has 0 spiro atoms. The lowest BCUT2D eigenvalue weighted by Gasteiger charge is -2.18. The van der Waals surface area contributed by atoms with Crippen molar-refractivity contribution in [2.24, 2.45) is 5.10 Å². The number of anilines is 2. The van der Waals surface area contributed by atoms with E-state index in [0.29, 0.717) is 28.2 Å². The van der Waals surface area contributed by atoms with Crippen LogP contribution in [0.1, 0.15) is 19.5 Å². The van der Waals surface area contributed by atoms with Crippen LogP contribution in [0.2, 0.25) is 0 Å². The number of thiocarbonyl (C=S) groups is 1. The third-order valence-corrected chi connectivity index (χ3v) is 4.56. The molecule has 1 atom stereocenters. The van der Waals surface area contributed by atoms with Crippen LogP contribution >= 0.6 is 23.6 Å². The molecule has 2 rings (SSSR count). The van der Waals surface area contributed by atoms with Crippen LogP contribution in [0, 0.1) is 0 Å². The summed E-state index contributed by atoms with van der Waals surface area (Å²) in [5.41, 5.74) is 4.05. The quantitative estimate of drug-likeness (QED) is 0.385. The molecule has 8 nitrogen and oxygen atoms in total. The molecule has 0 aliphatic heterocycles. The maximum absolute atomic E-state index is 12.1. The predicted octanol–water partition coefficient (Wildman–Crippen LogP) is 2.67. The van der Waals surface area contributed by atoms with Crippen molar-refractivity contribution in [1.29, 1.82) is 0 Å². The number of thiazole rings is 1. The molecule has 0 aliphatic rings. The zero-order chi connectivity index (χ0) is 20.5. The monoisotopic (exact) mass is 421 g/mol. The molecule has 2 N–H and O–H groups in total. The van der Waals surface area contributed by atoms with E-state index in [4.69, 9.17) is 21.7 Å². The van der Waals surface area contributed by atoms with Crippen LogP contribution in [0.15, 0.2) is 34.7 Å². The Morgan fingerprint density at radius 2 is 2.11 bits per heavy atom. The van der Waals surface area contributed by atoms with Crippen LogP contribution in [-0.2, 0) is 9.53 Å². The van der Waals surface area contributed by atoms with E-state index in [0.717, 1.165) is 5.75 Å². The van der Waals surface area contributed by atoms with Crippen molar-refractivity contribution in [3.8, 4) is 5.75 Å². The van der Waals surface area contributed by atoms with Gasteiger partial charge in [0.2, 0.25) is 5.91 Å². The van der Waals surface area contributed by atoms with Gasteiger partial charge >= 0.3 is 0 Å². The normalized spacial score (nSPS) is 11.9. The molecule has 0 saturated heterocycles. The van der Waals surface area contributed by atoms with Crippen molar-refractivity contribution >= 4 is 51.6 Å². The fourth-order valence-electron chi connectivity index (χ4n) is 2.30. The van der Waals surface area contributed by atoms with Gasteiger partial charge in [0.1, 0.15) is 5.75 Å². The van der Waals surface area contributed by atoms with Gasteiger partial charge in [0.05, 0.1) is 31.3 Å². The Morgan fingerprint density at radius 1 is 1.39 bits per heavy atom. The Balaban J connectivity index is 2.04. The van der Waals surface area contributed by atoms with Gasteiger partial charge < -0.3 is 14.8 Å². The summed E-state index contributed by atoms with van der Waals surface area (Å²) < 4.78 is 10.2. The molecule has 150 valence electrons. The van der Waals surface area contributed by atoms with Gasteiger partial charge in [0.25, 0.3) is 0 Å². The molecule has 1 aromatic heterocycles. The van der Waals surface area contributed by atoms with Crippen molar-refractivity contribution in [3.05, 3.63) is 35.3 Å². The minimum absolute atomic E-state index is 0.0692. The highest BCUT2D eigenvalue weighted by Crippen LogP contribution is 2.29. The lowest BCUT2D eigenvalue weighted by Crippen LogP contribution is -2.40. The molecule has 0 fully saturated rings. The first kappa shape index (κ1) is 21.7. The van der Waals surface area contributed by atoms with Crippen LogP contribution < -0.4 is 20.4 Å². The second-order valence-electron chi connectivity index (χ2n) is 5.81. The highest BCUT2D eigenvalue weighted by molar-refractivity contribution is 7.80. The molecule has 10 heteroatoms. The van der Waals surface area contributed by atoms with Crippen LogP contribution in [0.3, 0.4) is 0 Å². The first-order valence-corrected chi connectivity index (χ1v) is 9.72. The van der Waals surface area contributed by atoms with Crippen molar-refractivity contribution < 1.29 is 14.3 Å². The third kappa shape index (κ3) is 6.25. The Labute approximate surface area is 173 Å². The zero-order valence-corrected chi connectivity index (χ0v) is 17.8. The van der Waals surface area contributed by atoms with E-state index in [2.05, 4.69) is 20.8 Å². The number of aromatic nitrogens is 1. The maximum atomic E-state index is 12.1. The van der Waals surface area contributed by atoms with Crippen molar-refractivity contribution in [2.75, 3.05) is 25.7 Å². The van der Waals surface area contributed by atoms with Crippen molar-refractivity contribution in [3.63, 3.8) is 0 Å². The summed E-state index contributed by atoms with van der Waals surface area (Å²) >= 11 is 6.50. The molecule has 2 aromatic rings. The molecule has 28 heavy (non-hydrogen) atoms. The fourth-order valence-corrected chi connectivity index (χ4v) is 3.39. The van der Waals surface area contributed by atoms with Gasteiger partial charge in [0, 0.05) is 25.5 Å². The average molecular weight is 422 g/mol. The van der Waals surface area contributed by atoms with E-state index in [1.165, 1.54) is 23.2 Å². The maximum Gasteiger partial charge on any atom is 0.230 e. The molecule has 0 unspecified atom stereocenters. The summed E-state index contributed by atoms with van der Waals surface area (Å²) in [5.74, 6) is 0.577. The zero-order valence-electron chi connectivity index (χ0n) is 16.1. The van der Waals surface area contributed by atoms with Gasteiger partial charge in [-0.05, 0) is 43.4 Å². The number of carbonyl (C=O) groups excluding carboxylic acids is 1. The number of benzene rings is 1. The van der Waals surface area contributed by atoms with Crippen LogP contribution in [-0.4, -0.2) is 49.1 Å². The van der Waals surface area contributed by atoms with Gasteiger partial charge in [-0.25, -0.2) is 4.98 Å². The number of amides is 1. The number of methoxy groups -OCH3 is 2. The summed E-state index contributed by atoms with van der Waals surface area (Å²) in [6.07, 6.45) is 1.54. The summed E-state index contributed by atoms with van der Waals surface area (Å²) in [7, 11) is 3.22. The van der Waals surface area contributed by atoms with Crippen LogP contribution in [0.4, 0.5) is 10.8 Å². The first-order valence-electron chi connectivity index (χ1n) is 8.43. The summed E-state index contributed by atoms with van der Waals surface area (Å²) in [6.45, 7) is 3.98. The van der Waals surface area contributed by atoms with Gasteiger partial charge in [0.15, 0.2) is 10.2 Å². The summed E-state index contributed by atoms with van der Waals surface area (Å²) in [4.78, 5) is 18.1. The van der Waals surface area contributed by atoms with Crippen LogP contribution in [0.25, 0.3) is 0 Å². The topological polar surface area (TPSA) is 88.1 Å². The molecule has 1 amide bonds. The van der Waals surface area contributed by atoms with Gasteiger partial charge in [-0.15, -0.1) is 11.3 Å². The second-order valence-corrected chi connectivity index (χ2v) is 7.05. The summed E-state index contributed by atoms with van der Waals surface area (Å²) in [6, 6.07) is 7.28. The Bertz CT molecular complexity index is 823. The number of hydrogen-bond donors (Lipinski definition) is 2. The first-order chi connectivity index (χ1) is 13.4. The molecule has 1 heterocycles. The minimum Gasteiger partial charge on any atom is -0.497 e. The van der Waals surface area contributed by atoms with E-state index in [-0.39, 0.29) is 11.9 Å². The molecule has 0 aliphatic carbocycles. The number of rotatable bonds is 8. The molecule has 0 radical (unpaired) electrons. The Kier molecular flexibility index (Phi) is 8.30.